The standard InChI is InChI=1S/C27H33NOSi/c1-21(2)30(22(3)4,23(5)6)20-18-26(25-15-11-12-16-27(25)29-7)28-19-17-24-13-9-8-10-14-24/h8-16,21-23H,1-7H3. The van der Waals surface area contributed by atoms with Crippen LogP contribution in [0.3, 0.4) is 0 Å². The molecule has 2 rings (SSSR count). The summed E-state index contributed by atoms with van der Waals surface area (Å²) in [6, 6.07) is 20.7. The molecule has 0 radical (unpaired) electrons. The number of benzene rings is 2. The predicted octanol–water partition coefficient (Wildman–Crippen LogP) is 6.71. The monoisotopic (exact) mass is 415 g/mol. The Balaban J connectivity index is 2.62. The van der Waals surface area contributed by atoms with E-state index < -0.39 is 8.07 Å². The summed E-state index contributed by atoms with van der Waals surface area (Å²) >= 11 is 0. The number of ether oxygens (including phenoxy) is 1. The fourth-order valence-corrected chi connectivity index (χ4v) is 9.47. The Kier molecular flexibility index (Phi) is 8.52. The second-order valence-corrected chi connectivity index (χ2v) is 14.0. The normalized spacial score (nSPS) is 11.7. The topological polar surface area (TPSA) is 21.6 Å². The van der Waals surface area contributed by atoms with Crippen LogP contribution in [-0.4, -0.2) is 20.9 Å². The van der Waals surface area contributed by atoms with Crippen molar-refractivity contribution in [1.29, 1.82) is 0 Å². The van der Waals surface area contributed by atoms with Crippen molar-refractivity contribution in [1.82, 2.24) is 0 Å². The molecule has 2 aromatic carbocycles. The van der Waals surface area contributed by atoms with Crippen LogP contribution in [0.15, 0.2) is 59.6 Å². The molecule has 0 saturated heterocycles. The van der Waals surface area contributed by atoms with E-state index in [9.17, 15) is 0 Å². The first-order chi connectivity index (χ1) is 14.3. The molecular formula is C27H33NOSi. The van der Waals surface area contributed by atoms with Gasteiger partial charge in [0.25, 0.3) is 0 Å². The van der Waals surface area contributed by atoms with Crippen LogP contribution in [0.1, 0.15) is 52.7 Å². The summed E-state index contributed by atoms with van der Waals surface area (Å²) in [6.07, 6.45) is 0. The van der Waals surface area contributed by atoms with E-state index in [0.29, 0.717) is 22.3 Å². The van der Waals surface area contributed by atoms with Crippen molar-refractivity contribution in [2.45, 2.75) is 58.2 Å². The van der Waals surface area contributed by atoms with Gasteiger partial charge in [-0.2, -0.15) is 4.99 Å². The molecule has 2 nitrogen and oxygen atoms in total. The molecule has 0 aromatic heterocycles. The maximum absolute atomic E-state index is 5.58. The minimum absolute atomic E-state index is 0.555. The minimum Gasteiger partial charge on any atom is -0.496 e. The molecule has 0 aliphatic rings. The van der Waals surface area contributed by atoms with Gasteiger partial charge in [-0.05, 0) is 46.8 Å². The van der Waals surface area contributed by atoms with E-state index in [1.54, 1.807) is 7.11 Å². The van der Waals surface area contributed by atoms with Crippen LogP contribution in [0, 0.1) is 23.4 Å². The molecular weight excluding hydrogens is 382 g/mol. The van der Waals surface area contributed by atoms with Gasteiger partial charge < -0.3 is 4.74 Å². The highest BCUT2D eigenvalue weighted by atomic mass is 28.3. The van der Waals surface area contributed by atoms with Crippen LogP contribution in [-0.2, 0) is 0 Å². The van der Waals surface area contributed by atoms with E-state index in [1.165, 1.54) is 0 Å². The molecule has 0 N–H and O–H groups in total. The average molecular weight is 416 g/mol. The van der Waals surface area contributed by atoms with Gasteiger partial charge in [-0.15, -0.1) is 5.54 Å². The van der Waals surface area contributed by atoms with E-state index in [1.807, 2.05) is 54.6 Å². The van der Waals surface area contributed by atoms with E-state index >= 15 is 0 Å². The maximum atomic E-state index is 5.58. The summed E-state index contributed by atoms with van der Waals surface area (Å²) in [4.78, 5) is 4.60. The zero-order valence-corrected chi connectivity index (χ0v) is 20.3. The third kappa shape index (κ3) is 5.44. The number of para-hydroxylation sites is 1. The van der Waals surface area contributed by atoms with Crippen molar-refractivity contribution in [2.24, 2.45) is 4.99 Å². The zero-order chi connectivity index (χ0) is 22.1. The summed E-state index contributed by atoms with van der Waals surface area (Å²) in [5.41, 5.74) is 7.92. The minimum atomic E-state index is -1.88. The lowest BCUT2D eigenvalue weighted by Gasteiger charge is -2.38. The third-order valence-electron chi connectivity index (χ3n) is 5.77. The van der Waals surface area contributed by atoms with Crippen molar-refractivity contribution in [3.8, 4) is 29.2 Å². The van der Waals surface area contributed by atoms with Crippen molar-refractivity contribution < 1.29 is 4.74 Å². The van der Waals surface area contributed by atoms with E-state index in [-0.39, 0.29) is 0 Å². The van der Waals surface area contributed by atoms with Crippen molar-refractivity contribution in [3.05, 3.63) is 65.7 Å². The van der Waals surface area contributed by atoms with Gasteiger partial charge in [-0.3, -0.25) is 0 Å². The summed E-state index contributed by atoms with van der Waals surface area (Å²) in [5, 5.41) is 0. The molecule has 30 heavy (non-hydrogen) atoms. The van der Waals surface area contributed by atoms with E-state index in [0.717, 1.165) is 16.9 Å². The molecule has 2 aromatic rings. The molecule has 0 saturated carbocycles. The molecule has 0 atom stereocenters. The number of aliphatic imine (C=N–C) groups is 1. The molecule has 0 spiro atoms. The van der Waals surface area contributed by atoms with Crippen LogP contribution in [0.4, 0.5) is 0 Å². The second kappa shape index (κ2) is 10.9. The first kappa shape index (κ1) is 23.5. The fraction of sp³-hybridized carbons (Fsp3) is 0.370. The van der Waals surface area contributed by atoms with Crippen molar-refractivity contribution in [2.75, 3.05) is 7.11 Å². The number of rotatable bonds is 5. The molecule has 0 aliphatic heterocycles. The Morgan fingerprint density at radius 3 is 1.97 bits per heavy atom. The number of methoxy groups -OCH3 is 1. The number of nitrogens with zero attached hydrogens (tertiary/aromatic N) is 1. The molecule has 0 aliphatic carbocycles. The largest absolute Gasteiger partial charge is 0.496 e. The Labute approximate surface area is 183 Å². The van der Waals surface area contributed by atoms with Crippen LogP contribution in [0.5, 0.6) is 5.75 Å². The Morgan fingerprint density at radius 1 is 0.833 bits per heavy atom. The Morgan fingerprint density at radius 2 is 1.40 bits per heavy atom. The summed E-state index contributed by atoms with van der Waals surface area (Å²) in [7, 11) is -0.209. The molecule has 156 valence electrons. The first-order valence-electron chi connectivity index (χ1n) is 10.6. The van der Waals surface area contributed by atoms with Crippen LogP contribution < -0.4 is 4.74 Å². The maximum Gasteiger partial charge on any atom is 0.146 e. The number of hydrogen-bond acceptors (Lipinski definition) is 2. The lowest BCUT2D eigenvalue weighted by Crippen LogP contribution is -2.43. The molecule has 0 unspecified atom stereocenters. The highest BCUT2D eigenvalue weighted by Crippen LogP contribution is 2.40. The molecule has 0 amide bonds. The average Bonchev–Trinajstić information content (AvgIpc) is 2.72. The highest BCUT2D eigenvalue weighted by Gasteiger charge is 2.41. The van der Waals surface area contributed by atoms with Gasteiger partial charge in [-0.1, -0.05) is 77.8 Å². The summed E-state index contributed by atoms with van der Waals surface area (Å²) < 4.78 is 5.58. The number of hydrogen-bond donors (Lipinski definition) is 0. The molecule has 0 fully saturated rings. The van der Waals surface area contributed by atoms with Gasteiger partial charge in [0, 0.05) is 11.6 Å². The van der Waals surface area contributed by atoms with Gasteiger partial charge in [0.05, 0.1) is 12.7 Å². The van der Waals surface area contributed by atoms with E-state index in [4.69, 9.17) is 4.74 Å². The van der Waals surface area contributed by atoms with Crippen LogP contribution >= 0.6 is 0 Å². The smallest absolute Gasteiger partial charge is 0.146 e. The highest BCUT2D eigenvalue weighted by molar-refractivity contribution is 6.90. The van der Waals surface area contributed by atoms with Crippen molar-refractivity contribution >= 4 is 13.8 Å². The summed E-state index contributed by atoms with van der Waals surface area (Å²) in [5.74, 6) is 7.34. The third-order valence-corrected chi connectivity index (χ3v) is 12.1. The van der Waals surface area contributed by atoms with Crippen LogP contribution in [0.25, 0.3) is 0 Å². The van der Waals surface area contributed by atoms with Crippen LogP contribution in [0.2, 0.25) is 16.6 Å². The fourth-order valence-electron chi connectivity index (χ4n) is 4.27. The summed E-state index contributed by atoms with van der Waals surface area (Å²) in [6.45, 7) is 13.9. The molecule has 3 heteroatoms. The van der Waals surface area contributed by atoms with Gasteiger partial charge in [0.15, 0.2) is 0 Å². The lowest BCUT2D eigenvalue weighted by atomic mass is 10.1. The van der Waals surface area contributed by atoms with Gasteiger partial charge >= 0.3 is 0 Å². The van der Waals surface area contributed by atoms with Gasteiger partial charge in [0.1, 0.15) is 19.5 Å². The first-order valence-corrected chi connectivity index (χ1v) is 12.9. The van der Waals surface area contributed by atoms with Crippen molar-refractivity contribution in [3.63, 3.8) is 0 Å². The SMILES string of the molecule is COc1ccccc1C(C#C[Si](C(C)C)(C(C)C)C(C)C)=NC#Cc1ccccc1. The Bertz CT molecular complexity index is 960. The zero-order valence-electron chi connectivity index (χ0n) is 19.3. The quantitative estimate of drug-likeness (QED) is 0.302. The molecule has 0 heterocycles. The molecule has 0 bridgehead atoms. The van der Waals surface area contributed by atoms with E-state index in [2.05, 4.69) is 70.0 Å². The Hall–Kier alpha value is -2.75. The van der Waals surface area contributed by atoms with Gasteiger partial charge in [-0.25, -0.2) is 0 Å². The lowest BCUT2D eigenvalue weighted by molar-refractivity contribution is 0.414. The van der Waals surface area contributed by atoms with Gasteiger partial charge in [0.2, 0.25) is 0 Å². The second-order valence-electron chi connectivity index (χ2n) is 8.41. The predicted molar refractivity (Wildman–Crippen MR) is 132 cm³/mol.